The average Bonchev–Trinajstić information content (AvgIpc) is 3.12. The quantitative estimate of drug-likeness (QED) is 0.524. The summed E-state index contributed by atoms with van der Waals surface area (Å²) in [5, 5.41) is 5.78. The third kappa shape index (κ3) is 1.71. The number of para-hydroxylation sites is 1. The molecule has 2 aromatic carbocycles. The van der Waals surface area contributed by atoms with Crippen molar-refractivity contribution in [2.24, 2.45) is 0 Å². The van der Waals surface area contributed by atoms with Crippen LogP contribution in [0.5, 0.6) is 0 Å². The minimum Gasteiger partial charge on any atom is -0.454 e. The number of benzene rings is 2. The number of hydrogen-bond donors (Lipinski definition) is 1. The predicted molar refractivity (Wildman–Crippen MR) is 97.9 cm³/mol. The largest absolute Gasteiger partial charge is 0.454 e. The van der Waals surface area contributed by atoms with Gasteiger partial charge in [0.15, 0.2) is 11.4 Å². The summed E-state index contributed by atoms with van der Waals surface area (Å²) in [5.74, 6) is 0.945. The molecule has 0 radical (unpaired) electrons. The van der Waals surface area contributed by atoms with Gasteiger partial charge >= 0.3 is 0 Å². The molecular formula is C20H17N3O. The standard InChI is InChI=1S/C20H17N3O/c1-12-9-10-15-14-6-3-4-8-17(14)24-19(15)18(12)23-13(2)22-16-7-5-11-21-20(16)23/h3-11,13,22H,1-2H3/t13-/m0/s1. The van der Waals surface area contributed by atoms with E-state index in [2.05, 4.69) is 53.3 Å². The third-order valence-corrected chi connectivity index (χ3v) is 4.73. The van der Waals surface area contributed by atoms with Crippen molar-refractivity contribution in [3.8, 4) is 0 Å². The molecule has 0 saturated heterocycles. The first kappa shape index (κ1) is 13.4. The fourth-order valence-corrected chi connectivity index (χ4v) is 3.65. The molecule has 4 aromatic rings. The van der Waals surface area contributed by atoms with Crippen molar-refractivity contribution in [2.75, 3.05) is 10.2 Å². The highest BCUT2D eigenvalue weighted by Gasteiger charge is 2.31. The van der Waals surface area contributed by atoms with Gasteiger partial charge in [-0.15, -0.1) is 0 Å². The molecule has 0 unspecified atom stereocenters. The molecule has 2 aromatic heterocycles. The van der Waals surface area contributed by atoms with Gasteiger partial charge in [-0.25, -0.2) is 4.98 Å². The van der Waals surface area contributed by atoms with E-state index < -0.39 is 0 Å². The van der Waals surface area contributed by atoms with Gasteiger partial charge in [-0.3, -0.25) is 0 Å². The van der Waals surface area contributed by atoms with Crippen LogP contribution in [0.3, 0.4) is 0 Å². The minimum atomic E-state index is 0.118. The molecule has 0 spiro atoms. The molecule has 0 fully saturated rings. The first-order valence-electron chi connectivity index (χ1n) is 8.15. The highest BCUT2D eigenvalue weighted by Crippen LogP contribution is 2.44. The number of pyridine rings is 1. The number of aromatic nitrogens is 1. The van der Waals surface area contributed by atoms with Gasteiger partial charge in [-0.05, 0) is 37.6 Å². The summed E-state index contributed by atoms with van der Waals surface area (Å²) in [6.07, 6.45) is 1.95. The smallest absolute Gasteiger partial charge is 0.159 e. The maximum absolute atomic E-state index is 6.24. The lowest BCUT2D eigenvalue weighted by atomic mass is 10.1. The predicted octanol–water partition coefficient (Wildman–Crippen LogP) is 5.20. The normalized spacial score (nSPS) is 16.6. The van der Waals surface area contributed by atoms with Crippen LogP contribution in [-0.4, -0.2) is 11.1 Å². The fourth-order valence-electron chi connectivity index (χ4n) is 3.65. The zero-order valence-electron chi connectivity index (χ0n) is 13.6. The van der Waals surface area contributed by atoms with E-state index in [0.717, 1.165) is 39.1 Å². The van der Waals surface area contributed by atoms with E-state index in [4.69, 9.17) is 4.42 Å². The molecule has 1 aliphatic heterocycles. The molecular weight excluding hydrogens is 298 g/mol. The number of nitrogens with one attached hydrogen (secondary N) is 1. The summed E-state index contributed by atoms with van der Waals surface area (Å²) in [7, 11) is 0. The van der Waals surface area contributed by atoms with Crippen LogP contribution in [0, 0.1) is 6.92 Å². The second-order valence-corrected chi connectivity index (χ2v) is 6.27. The third-order valence-electron chi connectivity index (χ3n) is 4.73. The monoisotopic (exact) mass is 315 g/mol. The Kier molecular flexibility index (Phi) is 2.65. The average molecular weight is 315 g/mol. The molecule has 0 bridgehead atoms. The molecule has 0 saturated carbocycles. The Morgan fingerprint density at radius 1 is 1.04 bits per heavy atom. The van der Waals surface area contributed by atoms with Crippen molar-refractivity contribution in [1.29, 1.82) is 0 Å². The Morgan fingerprint density at radius 2 is 1.92 bits per heavy atom. The highest BCUT2D eigenvalue weighted by atomic mass is 16.3. The number of aryl methyl sites for hydroxylation is 1. The number of anilines is 3. The van der Waals surface area contributed by atoms with Crippen LogP contribution in [0.25, 0.3) is 21.9 Å². The molecule has 4 heteroatoms. The van der Waals surface area contributed by atoms with Crippen LogP contribution in [0.1, 0.15) is 12.5 Å². The van der Waals surface area contributed by atoms with Crippen LogP contribution in [-0.2, 0) is 0 Å². The van der Waals surface area contributed by atoms with E-state index in [-0.39, 0.29) is 6.17 Å². The number of nitrogens with zero attached hydrogens (tertiary/aromatic N) is 2. The number of rotatable bonds is 1. The van der Waals surface area contributed by atoms with E-state index in [0.29, 0.717) is 0 Å². The first-order chi connectivity index (χ1) is 11.7. The van der Waals surface area contributed by atoms with E-state index in [9.17, 15) is 0 Å². The second-order valence-electron chi connectivity index (χ2n) is 6.27. The molecule has 1 aliphatic rings. The Labute approximate surface area is 139 Å². The molecule has 0 amide bonds. The Bertz CT molecular complexity index is 1080. The lowest BCUT2D eigenvalue weighted by Gasteiger charge is -2.24. The molecule has 24 heavy (non-hydrogen) atoms. The van der Waals surface area contributed by atoms with Crippen molar-refractivity contribution in [1.82, 2.24) is 4.98 Å². The molecule has 118 valence electrons. The Balaban J connectivity index is 1.85. The maximum Gasteiger partial charge on any atom is 0.159 e. The van der Waals surface area contributed by atoms with Crippen LogP contribution >= 0.6 is 0 Å². The van der Waals surface area contributed by atoms with Crippen molar-refractivity contribution >= 4 is 39.1 Å². The lowest BCUT2D eigenvalue weighted by Crippen LogP contribution is -2.29. The fraction of sp³-hybridized carbons (Fsp3) is 0.150. The SMILES string of the molecule is Cc1ccc2c(oc3ccccc32)c1N1c2ncccc2N[C@@H]1C. The Morgan fingerprint density at radius 3 is 2.83 bits per heavy atom. The summed E-state index contributed by atoms with van der Waals surface area (Å²) in [5.41, 5.74) is 5.15. The summed E-state index contributed by atoms with van der Waals surface area (Å²) >= 11 is 0. The lowest BCUT2D eigenvalue weighted by molar-refractivity contribution is 0.665. The van der Waals surface area contributed by atoms with Crippen molar-refractivity contribution < 1.29 is 4.42 Å². The maximum atomic E-state index is 6.24. The van der Waals surface area contributed by atoms with Crippen LogP contribution in [0.2, 0.25) is 0 Å². The van der Waals surface area contributed by atoms with Gasteiger partial charge in [-0.1, -0.05) is 30.3 Å². The first-order valence-corrected chi connectivity index (χ1v) is 8.15. The summed E-state index contributed by atoms with van der Waals surface area (Å²) < 4.78 is 6.24. The van der Waals surface area contributed by atoms with E-state index in [1.165, 1.54) is 5.56 Å². The summed E-state index contributed by atoms with van der Waals surface area (Å²) in [6, 6.07) is 16.5. The van der Waals surface area contributed by atoms with Gasteiger partial charge in [0.25, 0.3) is 0 Å². The summed E-state index contributed by atoms with van der Waals surface area (Å²) in [4.78, 5) is 6.82. The molecule has 1 atom stereocenters. The zero-order valence-corrected chi connectivity index (χ0v) is 13.6. The molecule has 0 aliphatic carbocycles. The number of fused-ring (bicyclic) bond motifs is 4. The van der Waals surface area contributed by atoms with Gasteiger partial charge in [0.2, 0.25) is 0 Å². The number of furan rings is 1. The molecule has 3 heterocycles. The van der Waals surface area contributed by atoms with Gasteiger partial charge in [0.1, 0.15) is 11.7 Å². The molecule has 5 rings (SSSR count). The Hall–Kier alpha value is -3.01. The topological polar surface area (TPSA) is 41.3 Å². The van der Waals surface area contributed by atoms with Crippen LogP contribution < -0.4 is 10.2 Å². The van der Waals surface area contributed by atoms with Gasteiger partial charge in [-0.2, -0.15) is 0 Å². The number of hydrogen-bond acceptors (Lipinski definition) is 4. The van der Waals surface area contributed by atoms with E-state index in [1.54, 1.807) is 0 Å². The van der Waals surface area contributed by atoms with Crippen molar-refractivity contribution in [2.45, 2.75) is 20.0 Å². The summed E-state index contributed by atoms with van der Waals surface area (Å²) in [6.45, 7) is 4.26. The molecule has 1 N–H and O–H groups in total. The van der Waals surface area contributed by atoms with Crippen LogP contribution in [0.4, 0.5) is 17.2 Å². The van der Waals surface area contributed by atoms with Gasteiger partial charge < -0.3 is 14.6 Å². The molecule has 4 nitrogen and oxygen atoms in total. The van der Waals surface area contributed by atoms with E-state index >= 15 is 0 Å². The van der Waals surface area contributed by atoms with Gasteiger partial charge in [0, 0.05) is 17.0 Å². The minimum absolute atomic E-state index is 0.118. The second kappa shape index (κ2) is 4.74. The van der Waals surface area contributed by atoms with Crippen LogP contribution in [0.15, 0.2) is 59.1 Å². The zero-order chi connectivity index (χ0) is 16.3. The van der Waals surface area contributed by atoms with Crippen molar-refractivity contribution in [3.05, 3.63) is 60.3 Å². The van der Waals surface area contributed by atoms with Gasteiger partial charge in [0.05, 0.1) is 11.4 Å². The van der Waals surface area contributed by atoms with Crippen molar-refractivity contribution in [3.63, 3.8) is 0 Å². The van der Waals surface area contributed by atoms with E-state index in [1.807, 2.05) is 30.5 Å². The highest BCUT2D eigenvalue weighted by molar-refractivity contribution is 6.10.